The number of amides is 1. The fourth-order valence-corrected chi connectivity index (χ4v) is 9.52. The highest BCUT2D eigenvalue weighted by Crippen LogP contribution is 2.38. The van der Waals surface area contributed by atoms with Crippen LogP contribution in [0.15, 0.2) is 24.3 Å². The van der Waals surface area contributed by atoms with Crippen LogP contribution in [0.4, 0.5) is 0 Å². The van der Waals surface area contributed by atoms with Gasteiger partial charge in [0.25, 0.3) is 7.82 Å². The van der Waals surface area contributed by atoms with Gasteiger partial charge in [0.15, 0.2) is 0 Å². The van der Waals surface area contributed by atoms with E-state index < -0.39 is 20.0 Å². The number of carbonyl (C=O) groups excluding carboxylic acids is 1. The maximum Gasteiger partial charge on any atom is 0.268 e. The van der Waals surface area contributed by atoms with E-state index in [1.54, 1.807) is 6.08 Å². The molecule has 0 aromatic heterocycles. The number of nitrogens with one attached hydrogen (secondary N) is 1. The minimum absolute atomic E-state index is 0.00125. The lowest BCUT2D eigenvalue weighted by Crippen LogP contribution is -2.45. The first-order valence-corrected chi connectivity index (χ1v) is 30.7. The molecule has 398 valence electrons. The van der Waals surface area contributed by atoms with Gasteiger partial charge < -0.3 is 28.8 Å². The van der Waals surface area contributed by atoms with Gasteiger partial charge in [-0.05, 0) is 44.9 Å². The number of quaternary nitrogens is 1. The maximum absolute atomic E-state index is 13.0. The summed E-state index contributed by atoms with van der Waals surface area (Å²) in [5, 5.41) is 13.9. The van der Waals surface area contributed by atoms with Crippen LogP contribution in [0.25, 0.3) is 0 Å². The number of hydrogen-bond donors (Lipinski definition) is 2. The van der Waals surface area contributed by atoms with Crippen molar-refractivity contribution in [2.45, 2.75) is 302 Å². The van der Waals surface area contributed by atoms with Crippen LogP contribution >= 0.6 is 7.82 Å². The number of aliphatic hydroxyl groups excluding tert-OH is 1. The Balaban J connectivity index is 4.14. The molecule has 0 aromatic carbocycles. The third-order valence-electron chi connectivity index (χ3n) is 13.4. The van der Waals surface area contributed by atoms with E-state index in [0.717, 1.165) is 38.5 Å². The van der Waals surface area contributed by atoms with Crippen molar-refractivity contribution in [3.05, 3.63) is 24.3 Å². The lowest BCUT2D eigenvalue weighted by Gasteiger charge is -2.29. The zero-order chi connectivity index (χ0) is 49.2. The third-order valence-corrected chi connectivity index (χ3v) is 14.4. The average molecular weight is 968 g/mol. The topological polar surface area (TPSA) is 108 Å². The zero-order valence-corrected chi connectivity index (χ0v) is 46.3. The number of unbranched alkanes of at least 4 members (excludes halogenated alkanes) is 39. The number of likely N-dealkylation sites (N-methyl/N-ethyl adjacent to an activating group) is 1. The van der Waals surface area contributed by atoms with Gasteiger partial charge in [-0.15, -0.1) is 0 Å². The number of hydrogen-bond acceptors (Lipinski definition) is 6. The molecule has 3 unspecified atom stereocenters. The number of phosphoric ester groups is 1. The lowest BCUT2D eigenvalue weighted by atomic mass is 10.0. The van der Waals surface area contributed by atoms with Crippen LogP contribution in [0.3, 0.4) is 0 Å². The van der Waals surface area contributed by atoms with Crippen LogP contribution in [-0.4, -0.2) is 68.5 Å². The number of nitrogens with zero attached hydrogens (tertiary/aromatic N) is 1. The van der Waals surface area contributed by atoms with Crippen molar-refractivity contribution in [1.29, 1.82) is 0 Å². The zero-order valence-electron chi connectivity index (χ0n) is 45.4. The van der Waals surface area contributed by atoms with E-state index in [1.807, 2.05) is 27.2 Å². The quantitative estimate of drug-likeness (QED) is 0.0272. The predicted molar refractivity (Wildman–Crippen MR) is 289 cm³/mol. The van der Waals surface area contributed by atoms with Gasteiger partial charge in [-0.25, -0.2) is 0 Å². The molecule has 1 amide bonds. The molecule has 0 fully saturated rings. The number of allylic oxidation sites excluding steroid dienone is 3. The number of aliphatic hydroxyl groups is 1. The number of carbonyl (C=O) groups is 1. The van der Waals surface area contributed by atoms with Gasteiger partial charge >= 0.3 is 0 Å². The second kappa shape index (κ2) is 49.9. The van der Waals surface area contributed by atoms with Gasteiger partial charge in [-0.2, -0.15) is 0 Å². The minimum atomic E-state index is -4.59. The Bertz CT molecular complexity index is 1140. The van der Waals surface area contributed by atoms with E-state index >= 15 is 0 Å². The molecule has 0 bridgehead atoms. The largest absolute Gasteiger partial charge is 0.756 e. The van der Waals surface area contributed by atoms with Gasteiger partial charge in [-0.1, -0.05) is 263 Å². The molecule has 0 aromatic rings. The van der Waals surface area contributed by atoms with E-state index in [1.165, 1.54) is 231 Å². The van der Waals surface area contributed by atoms with E-state index in [-0.39, 0.29) is 19.1 Å². The SMILES string of the molecule is CCCCCCCCCC/C=C\CCCCCCCCCCCCCCCCCC(=O)NC(COP(=O)([O-])OCC[N+](C)(C)C)C(O)/C=C/CCCCCCCCCCCCCCCCCC. The molecule has 8 nitrogen and oxygen atoms in total. The normalized spacial score (nSPS) is 14.1. The van der Waals surface area contributed by atoms with Gasteiger partial charge in [-0.3, -0.25) is 9.36 Å². The Morgan fingerprint density at radius 2 is 0.821 bits per heavy atom. The fraction of sp³-hybridized carbons (Fsp3) is 0.914. The molecule has 0 saturated heterocycles. The van der Waals surface area contributed by atoms with Crippen LogP contribution in [0.1, 0.15) is 290 Å². The second-order valence-electron chi connectivity index (χ2n) is 21.4. The Labute approximate surface area is 417 Å². The summed E-state index contributed by atoms with van der Waals surface area (Å²) in [7, 11) is 1.27. The van der Waals surface area contributed by atoms with Gasteiger partial charge in [0.1, 0.15) is 13.2 Å². The summed E-state index contributed by atoms with van der Waals surface area (Å²) in [5.41, 5.74) is 0. The summed E-state index contributed by atoms with van der Waals surface area (Å²) >= 11 is 0. The molecular weight excluding hydrogens is 852 g/mol. The molecule has 3 atom stereocenters. The Morgan fingerprint density at radius 1 is 0.507 bits per heavy atom. The van der Waals surface area contributed by atoms with E-state index in [4.69, 9.17) is 9.05 Å². The second-order valence-corrected chi connectivity index (χ2v) is 22.8. The number of rotatable bonds is 54. The Morgan fingerprint density at radius 3 is 1.16 bits per heavy atom. The van der Waals surface area contributed by atoms with Crippen molar-refractivity contribution in [3.63, 3.8) is 0 Å². The lowest BCUT2D eigenvalue weighted by molar-refractivity contribution is -0.870. The fourth-order valence-electron chi connectivity index (χ4n) is 8.80. The molecule has 67 heavy (non-hydrogen) atoms. The molecule has 0 spiro atoms. The summed E-state index contributed by atoms with van der Waals surface area (Å²) in [4.78, 5) is 25.5. The third kappa shape index (κ3) is 52.6. The van der Waals surface area contributed by atoms with Crippen LogP contribution in [-0.2, 0) is 18.4 Å². The first-order valence-electron chi connectivity index (χ1n) is 29.2. The smallest absolute Gasteiger partial charge is 0.268 e. The van der Waals surface area contributed by atoms with Crippen LogP contribution in [0.5, 0.6) is 0 Å². The first kappa shape index (κ1) is 66.0. The van der Waals surface area contributed by atoms with Crippen LogP contribution in [0, 0.1) is 0 Å². The summed E-state index contributed by atoms with van der Waals surface area (Å²) < 4.78 is 23.4. The van der Waals surface area contributed by atoms with Gasteiger partial charge in [0.2, 0.25) is 5.91 Å². The summed E-state index contributed by atoms with van der Waals surface area (Å²) in [5.74, 6) is -0.192. The molecule has 0 saturated carbocycles. The summed E-state index contributed by atoms with van der Waals surface area (Å²) in [6, 6.07) is -0.884. The van der Waals surface area contributed by atoms with Gasteiger partial charge in [0, 0.05) is 6.42 Å². The van der Waals surface area contributed by atoms with E-state index in [0.29, 0.717) is 17.4 Å². The highest BCUT2D eigenvalue weighted by Gasteiger charge is 2.23. The maximum atomic E-state index is 13.0. The monoisotopic (exact) mass is 967 g/mol. The predicted octanol–water partition coefficient (Wildman–Crippen LogP) is 17.0. The average Bonchev–Trinajstić information content (AvgIpc) is 3.29. The number of phosphoric acid groups is 1. The van der Waals surface area contributed by atoms with Crippen molar-refractivity contribution >= 4 is 13.7 Å². The molecule has 0 aliphatic carbocycles. The van der Waals surface area contributed by atoms with Gasteiger partial charge in [0.05, 0.1) is 39.9 Å². The van der Waals surface area contributed by atoms with Crippen molar-refractivity contribution in [1.82, 2.24) is 5.32 Å². The molecular formula is C58H115N2O6P. The highest BCUT2D eigenvalue weighted by atomic mass is 31.2. The van der Waals surface area contributed by atoms with Crippen LogP contribution in [0.2, 0.25) is 0 Å². The van der Waals surface area contributed by atoms with Crippen molar-refractivity contribution in [2.24, 2.45) is 0 Å². The Hall–Kier alpha value is -1.02. The molecule has 0 heterocycles. The van der Waals surface area contributed by atoms with Crippen LogP contribution < -0.4 is 10.2 Å². The molecule has 0 aliphatic heterocycles. The Kier molecular flexibility index (Phi) is 49.2. The van der Waals surface area contributed by atoms with Crippen molar-refractivity contribution in [3.8, 4) is 0 Å². The molecule has 0 aliphatic rings. The summed E-state index contributed by atoms with van der Waals surface area (Å²) in [6.07, 6.45) is 62.5. The summed E-state index contributed by atoms with van der Waals surface area (Å²) in [6.45, 7) is 4.69. The molecule has 0 radical (unpaired) electrons. The highest BCUT2D eigenvalue weighted by molar-refractivity contribution is 7.45. The first-order chi connectivity index (χ1) is 32.5. The van der Waals surface area contributed by atoms with E-state index in [2.05, 4.69) is 31.3 Å². The minimum Gasteiger partial charge on any atom is -0.756 e. The van der Waals surface area contributed by atoms with Crippen molar-refractivity contribution < 1.29 is 32.9 Å². The molecule has 9 heteroatoms. The molecule has 2 N–H and O–H groups in total. The van der Waals surface area contributed by atoms with E-state index in [9.17, 15) is 19.4 Å². The standard InChI is InChI=1S/C58H115N2O6P/c1-6-8-10-12-14-16-18-20-22-24-26-27-28-29-30-31-32-33-34-36-38-40-42-44-46-48-50-52-58(62)59-56(55-66-67(63,64)65-54-53-60(3,4)5)57(61)51-49-47-45-43-41-39-37-35-25-23-21-19-17-15-13-11-9-7-2/h24,26,49,51,56-57,61H,6-23,25,27-48,50,52-55H2,1-5H3,(H-,59,62,63,64)/b26-24-,51-49+. The van der Waals surface area contributed by atoms with Crippen molar-refractivity contribution in [2.75, 3.05) is 40.9 Å². The molecule has 0 rings (SSSR count).